The highest BCUT2D eigenvalue weighted by molar-refractivity contribution is 7.89. The summed E-state index contributed by atoms with van der Waals surface area (Å²) >= 11 is 0. The molecule has 4 nitrogen and oxygen atoms in total. The number of benzene rings is 1. The molecule has 0 saturated heterocycles. The first-order chi connectivity index (χ1) is 10.1. The molecule has 1 aromatic carbocycles. The lowest BCUT2D eigenvalue weighted by Crippen LogP contribution is -2.32. The van der Waals surface area contributed by atoms with Gasteiger partial charge in [-0.2, -0.15) is 0 Å². The number of rotatable bonds is 8. The summed E-state index contributed by atoms with van der Waals surface area (Å²) in [7, 11) is -3.32. The monoisotopic (exact) mass is 308 g/mol. The summed E-state index contributed by atoms with van der Waals surface area (Å²) in [5, 5.41) is 3.54. The van der Waals surface area contributed by atoms with Gasteiger partial charge >= 0.3 is 0 Å². The number of likely N-dealkylation sites (N-methyl/N-ethyl adjacent to an activating group) is 1. The average Bonchev–Trinajstić information content (AvgIpc) is 3.33. The molecule has 1 atom stereocenters. The van der Waals surface area contributed by atoms with Crippen LogP contribution in [0.1, 0.15) is 38.2 Å². The summed E-state index contributed by atoms with van der Waals surface area (Å²) in [6.07, 6.45) is 5.53. The third-order valence-electron chi connectivity index (χ3n) is 4.25. The molecule has 1 unspecified atom stereocenters. The molecule has 21 heavy (non-hydrogen) atoms. The van der Waals surface area contributed by atoms with Crippen LogP contribution < -0.4 is 10.0 Å². The largest absolute Gasteiger partial charge is 0.314 e. The fourth-order valence-corrected chi connectivity index (χ4v) is 4.02. The Morgan fingerprint density at radius 3 is 2.33 bits per heavy atom. The Hall–Kier alpha value is -0.910. The minimum absolute atomic E-state index is 0.155. The maximum atomic E-state index is 12.1. The van der Waals surface area contributed by atoms with Crippen molar-refractivity contribution in [2.45, 2.75) is 56.0 Å². The molecular weight excluding hydrogens is 284 g/mol. The van der Waals surface area contributed by atoms with Crippen LogP contribution in [0.25, 0.3) is 0 Å². The van der Waals surface area contributed by atoms with Gasteiger partial charge in [-0.1, -0.05) is 19.1 Å². The Morgan fingerprint density at radius 1 is 1.14 bits per heavy atom. The maximum absolute atomic E-state index is 12.1. The van der Waals surface area contributed by atoms with Crippen molar-refractivity contribution in [1.29, 1.82) is 0 Å². The second-order valence-electron chi connectivity index (χ2n) is 6.25. The molecule has 2 fully saturated rings. The van der Waals surface area contributed by atoms with Crippen molar-refractivity contribution in [3.05, 3.63) is 29.8 Å². The van der Waals surface area contributed by atoms with Crippen LogP contribution in [0.3, 0.4) is 0 Å². The van der Waals surface area contributed by atoms with E-state index in [-0.39, 0.29) is 6.04 Å². The molecule has 5 heteroatoms. The van der Waals surface area contributed by atoms with Crippen LogP contribution in [0, 0.1) is 5.92 Å². The van der Waals surface area contributed by atoms with E-state index < -0.39 is 10.0 Å². The Kier molecular flexibility index (Phi) is 4.33. The second kappa shape index (κ2) is 6.07. The summed E-state index contributed by atoms with van der Waals surface area (Å²) in [6.45, 7) is 3.12. The van der Waals surface area contributed by atoms with Crippen LogP contribution in [0.4, 0.5) is 0 Å². The van der Waals surface area contributed by atoms with Gasteiger partial charge in [0, 0.05) is 12.1 Å². The number of hydrogen-bond donors (Lipinski definition) is 2. The van der Waals surface area contributed by atoms with Crippen LogP contribution in [-0.2, 0) is 16.4 Å². The SMILES string of the molecule is CCNC(Cc1ccc(S(=O)(=O)NC2CC2)cc1)C1CC1. The first-order valence-corrected chi connectivity index (χ1v) is 9.41. The number of nitrogens with one attached hydrogen (secondary N) is 2. The van der Waals surface area contributed by atoms with Crippen LogP contribution in [0.5, 0.6) is 0 Å². The summed E-state index contributed by atoms with van der Waals surface area (Å²) in [6, 6.07) is 8.05. The Morgan fingerprint density at radius 2 is 1.81 bits per heavy atom. The summed E-state index contributed by atoms with van der Waals surface area (Å²) < 4.78 is 26.9. The topological polar surface area (TPSA) is 58.2 Å². The first kappa shape index (κ1) is 15.0. The molecule has 3 rings (SSSR count). The van der Waals surface area contributed by atoms with Gasteiger partial charge in [0.05, 0.1) is 4.90 Å². The summed E-state index contributed by atoms with van der Waals surface area (Å²) in [5.41, 5.74) is 1.21. The highest BCUT2D eigenvalue weighted by Crippen LogP contribution is 2.34. The average molecular weight is 308 g/mol. The Balaban J connectivity index is 1.65. The minimum atomic E-state index is -3.32. The molecule has 2 aliphatic rings. The lowest BCUT2D eigenvalue weighted by molar-refractivity contribution is 0.472. The van der Waals surface area contributed by atoms with Gasteiger partial charge in [0.1, 0.15) is 0 Å². The van der Waals surface area contributed by atoms with Crippen molar-refractivity contribution in [3.8, 4) is 0 Å². The normalized spacial score (nSPS) is 20.4. The minimum Gasteiger partial charge on any atom is -0.314 e. The van der Waals surface area contributed by atoms with Crippen molar-refractivity contribution in [2.75, 3.05) is 6.54 Å². The van der Waals surface area contributed by atoms with E-state index in [0.717, 1.165) is 31.7 Å². The molecule has 0 spiro atoms. The quantitative estimate of drug-likeness (QED) is 0.773. The van der Waals surface area contributed by atoms with Crippen LogP contribution in [-0.4, -0.2) is 27.0 Å². The number of hydrogen-bond acceptors (Lipinski definition) is 3. The van der Waals surface area contributed by atoms with Crippen molar-refractivity contribution >= 4 is 10.0 Å². The molecular formula is C16H24N2O2S. The van der Waals surface area contributed by atoms with Crippen molar-refractivity contribution in [1.82, 2.24) is 10.0 Å². The zero-order valence-electron chi connectivity index (χ0n) is 12.5. The lowest BCUT2D eigenvalue weighted by atomic mass is 10.0. The van der Waals surface area contributed by atoms with Crippen molar-refractivity contribution < 1.29 is 8.42 Å². The van der Waals surface area contributed by atoms with E-state index in [0.29, 0.717) is 10.9 Å². The van der Waals surface area contributed by atoms with Crippen molar-refractivity contribution in [3.63, 3.8) is 0 Å². The molecule has 0 aromatic heterocycles. The van der Waals surface area contributed by atoms with Gasteiger partial charge in [-0.25, -0.2) is 13.1 Å². The molecule has 0 amide bonds. The lowest BCUT2D eigenvalue weighted by Gasteiger charge is -2.17. The Labute approximate surface area is 127 Å². The van der Waals surface area contributed by atoms with Crippen LogP contribution in [0.15, 0.2) is 29.2 Å². The van der Waals surface area contributed by atoms with Gasteiger partial charge in [-0.15, -0.1) is 0 Å². The molecule has 116 valence electrons. The molecule has 2 N–H and O–H groups in total. The standard InChI is InChI=1S/C16H24N2O2S/c1-2-17-16(13-5-6-13)11-12-3-9-15(10-4-12)21(19,20)18-14-7-8-14/h3-4,9-10,13-14,16-18H,2,5-8,11H2,1H3. The van der Waals surface area contributed by atoms with E-state index in [1.54, 1.807) is 12.1 Å². The molecule has 1 aromatic rings. The smallest absolute Gasteiger partial charge is 0.240 e. The van der Waals surface area contributed by atoms with Gasteiger partial charge in [0.25, 0.3) is 0 Å². The van der Waals surface area contributed by atoms with Crippen molar-refractivity contribution in [2.24, 2.45) is 5.92 Å². The maximum Gasteiger partial charge on any atom is 0.240 e. The zero-order chi connectivity index (χ0) is 14.9. The molecule has 0 aliphatic heterocycles. The highest BCUT2D eigenvalue weighted by Gasteiger charge is 2.31. The van der Waals surface area contributed by atoms with E-state index in [9.17, 15) is 8.42 Å². The third-order valence-corrected chi connectivity index (χ3v) is 5.78. The van der Waals surface area contributed by atoms with E-state index >= 15 is 0 Å². The van der Waals surface area contributed by atoms with E-state index in [4.69, 9.17) is 0 Å². The Bertz CT molecular complexity index is 575. The van der Waals surface area contributed by atoms with Gasteiger partial charge < -0.3 is 5.32 Å². The predicted molar refractivity (Wildman–Crippen MR) is 83.7 cm³/mol. The fourth-order valence-electron chi connectivity index (χ4n) is 2.71. The van der Waals surface area contributed by atoms with Gasteiger partial charge in [0.2, 0.25) is 10.0 Å². The van der Waals surface area contributed by atoms with Crippen LogP contribution >= 0.6 is 0 Å². The van der Waals surface area contributed by atoms with Gasteiger partial charge in [-0.3, -0.25) is 0 Å². The zero-order valence-corrected chi connectivity index (χ0v) is 13.3. The summed E-state index contributed by atoms with van der Waals surface area (Å²) in [5.74, 6) is 0.796. The molecule has 2 saturated carbocycles. The van der Waals surface area contributed by atoms with Gasteiger partial charge in [-0.05, 0) is 62.3 Å². The van der Waals surface area contributed by atoms with E-state index in [2.05, 4.69) is 17.0 Å². The number of sulfonamides is 1. The summed E-state index contributed by atoms with van der Waals surface area (Å²) in [4.78, 5) is 0.379. The van der Waals surface area contributed by atoms with E-state index in [1.807, 2.05) is 12.1 Å². The van der Waals surface area contributed by atoms with Gasteiger partial charge in [0.15, 0.2) is 0 Å². The second-order valence-corrected chi connectivity index (χ2v) is 7.96. The van der Waals surface area contributed by atoms with E-state index in [1.165, 1.54) is 18.4 Å². The molecule has 0 radical (unpaired) electrons. The fraction of sp³-hybridized carbons (Fsp3) is 0.625. The highest BCUT2D eigenvalue weighted by atomic mass is 32.2. The third kappa shape index (κ3) is 4.05. The molecule has 2 aliphatic carbocycles. The predicted octanol–water partition coefficient (Wildman–Crippen LogP) is 2.06. The van der Waals surface area contributed by atoms with Crippen LogP contribution in [0.2, 0.25) is 0 Å². The first-order valence-electron chi connectivity index (χ1n) is 7.93. The molecule has 0 bridgehead atoms. The molecule has 0 heterocycles.